The van der Waals surface area contributed by atoms with E-state index in [9.17, 15) is 9.59 Å². The number of nitrogens with zero attached hydrogens (tertiary/aromatic N) is 2. The number of imide groups is 1. The van der Waals surface area contributed by atoms with Gasteiger partial charge in [0.15, 0.2) is 0 Å². The van der Waals surface area contributed by atoms with Gasteiger partial charge in [-0.2, -0.15) is 0 Å². The maximum absolute atomic E-state index is 11.7. The van der Waals surface area contributed by atoms with Crippen LogP contribution in [0.3, 0.4) is 0 Å². The van der Waals surface area contributed by atoms with Gasteiger partial charge in [-0.05, 0) is 31.5 Å². The van der Waals surface area contributed by atoms with Crippen molar-refractivity contribution in [3.63, 3.8) is 0 Å². The van der Waals surface area contributed by atoms with Crippen LogP contribution in [0.15, 0.2) is 24.5 Å². The number of pyridine rings is 1. The van der Waals surface area contributed by atoms with E-state index in [1.165, 1.54) is 0 Å². The molecule has 3 unspecified atom stereocenters. The number of aromatic nitrogens is 1. The first-order valence-electron chi connectivity index (χ1n) is 6.25. The second-order valence-corrected chi connectivity index (χ2v) is 4.85. The Kier molecular flexibility index (Phi) is 3.92. The Morgan fingerprint density at radius 1 is 1.42 bits per heavy atom. The first-order chi connectivity index (χ1) is 9.00. The van der Waals surface area contributed by atoms with Gasteiger partial charge in [0.05, 0.1) is 18.6 Å². The number of hydrogen-bond donors (Lipinski definition) is 2. The van der Waals surface area contributed by atoms with Crippen LogP contribution in [-0.4, -0.2) is 40.3 Å². The predicted octanol–water partition coefficient (Wildman–Crippen LogP) is -0.183. The van der Waals surface area contributed by atoms with Gasteiger partial charge in [-0.15, -0.1) is 0 Å². The second-order valence-electron chi connectivity index (χ2n) is 4.85. The molecule has 3 N–H and O–H groups in total. The Bertz CT molecular complexity index is 475. The summed E-state index contributed by atoms with van der Waals surface area (Å²) in [6.45, 7) is 3.81. The van der Waals surface area contributed by atoms with Crippen molar-refractivity contribution in [2.24, 2.45) is 5.73 Å². The molecular weight excluding hydrogens is 244 g/mol. The number of piperazine rings is 1. The summed E-state index contributed by atoms with van der Waals surface area (Å²) in [6.07, 6.45) is 3.36. The molecule has 2 amide bonds. The number of nitrogens with two attached hydrogens (primary N) is 1. The summed E-state index contributed by atoms with van der Waals surface area (Å²) in [5.74, 6) is -0.571. The predicted molar refractivity (Wildman–Crippen MR) is 69.9 cm³/mol. The lowest BCUT2D eigenvalue weighted by atomic mass is 9.97. The highest BCUT2D eigenvalue weighted by Gasteiger charge is 2.36. The summed E-state index contributed by atoms with van der Waals surface area (Å²) in [5.41, 5.74) is 7.01. The minimum Gasteiger partial charge on any atom is -0.326 e. The molecule has 19 heavy (non-hydrogen) atoms. The topological polar surface area (TPSA) is 88.3 Å². The smallest absolute Gasteiger partial charge is 0.243 e. The lowest BCUT2D eigenvalue weighted by Crippen LogP contribution is -2.59. The van der Waals surface area contributed by atoms with Crippen LogP contribution >= 0.6 is 0 Å². The van der Waals surface area contributed by atoms with Crippen LogP contribution in [0.5, 0.6) is 0 Å². The molecule has 0 saturated carbocycles. The zero-order chi connectivity index (χ0) is 14.0. The molecule has 3 atom stereocenters. The van der Waals surface area contributed by atoms with Gasteiger partial charge in [0, 0.05) is 18.4 Å². The molecular formula is C13H18N4O2. The van der Waals surface area contributed by atoms with Crippen molar-refractivity contribution in [3.8, 4) is 0 Å². The molecule has 0 aromatic carbocycles. The largest absolute Gasteiger partial charge is 0.326 e. The summed E-state index contributed by atoms with van der Waals surface area (Å²) >= 11 is 0. The first-order valence-corrected chi connectivity index (χ1v) is 6.25. The van der Waals surface area contributed by atoms with Crippen LogP contribution in [0.25, 0.3) is 0 Å². The number of carbonyl (C=O) groups excluding carboxylic acids is 2. The molecule has 102 valence electrons. The van der Waals surface area contributed by atoms with E-state index in [1.807, 2.05) is 24.0 Å². The fraction of sp³-hybridized carbons (Fsp3) is 0.462. The monoisotopic (exact) mass is 262 g/mol. The van der Waals surface area contributed by atoms with E-state index in [1.54, 1.807) is 19.3 Å². The van der Waals surface area contributed by atoms with E-state index in [4.69, 9.17) is 5.73 Å². The second kappa shape index (κ2) is 5.46. The normalized spacial score (nSPS) is 23.8. The van der Waals surface area contributed by atoms with E-state index in [0.29, 0.717) is 0 Å². The molecule has 1 saturated heterocycles. The molecule has 0 radical (unpaired) electrons. The van der Waals surface area contributed by atoms with Crippen LogP contribution in [-0.2, 0) is 9.59 Å². The number of carbonyl (C=O) groups is 2. The lowest BCUT2D eigenvalue weighted by Gasteiger charge is -2.39. The summed E-state index contributed by atoms with van der Waals surface area (Å²) in [7, 11) is 0. The summed E-state index contributed by atoms with van der Waals surface area (Å²) in [4.78, 5) is 29.1. The molecule has 0 spiro atoms. The lowest BCUT2D eigenvalue weighted by molar-refractivity contribution is -0.141. The Morgan fingerprint density at radius 3 is 2.63 bits per heavy atom. The zero-order valence-corrected chi connectivity index (χ0v) is 11.0. The average molecular weight is 262 g/mol. The van der Waals surface area contributed by atoms with Gasteiger partial charge in [-0.1, -0.05) is 0 Å². The third-order valence-electron chi connectivity index (χ3n) is 3.37. The summed E-state index contributed by atoms with van der Waals surface area (Å²) in [5, 5.41) is 2.33. The van der Waals surface area contributed by atoms with Crippen molar-refractivity contribution < 1.29 is 9.59 Å². The molecule has 1 aromatic heterocycles. The van der Waals surface area contributed by atoms with Crippen LogP contribution < -0.4 is 11.1 Å². The van der Waals surface area contributed by atoms with Gasteiger partial charge in [0.25, 0.3) is 0 Å². The minimum absolute atomic E-state index is 0.168. The van der Waals surface area contributed by atoms with Crippen LogP contribution in [0.1, 0.15) is 25.5 Å². The third kappa shape index (κ3) is 2.80. The standard InChI is InChI=1S/C13H18N4O2/c1-8(14)12(10-3-5-15-6-4-10)17-7-11(18)16-13(19)9(17)2/h3-6,8-9,12H,7,14H2,1-2H3,(H,16,18,19). The van der Waals surface area contributed by atoms with E-state index in [0.717, 1.165) is 5.56 Å². The van der Waals surface area contributed by atoms with Gasteiger partial charge in [0.2, 0.25) is 11.8 Å². The first kappa shape index (κ1) is 13.6. The Morgan fingerprint density at radius 2 is 2.05 bits per heavy atom. The minimum atomic E-state index is -0.387. The van der Waals surface area contributed by atoms with Crippen molar-refractivity contribution in [2.75, 3.05) is 6.54 Å². The third-order valence-corrected chi connectivity index (χ3v) is 3.37. The maximum atomic E-state index is 11.7. The van der Waals surface area contributed by atoms with Crippen molar-refractivity contribution in [1.29, 1.82) is 0 Å². The van der Waals surface area contributed by atoms with Gasteiger partial charge in [-0.3, -0.25) is 24.8 Å². The Hall–Kier alpha value is -1.79. The van der Waals surface area contributed by atoms with Gasteiger partial charge in [-0.25, -0.2) is 0 Å². The van der Waals surface area contributed by atoms with Crippen LogP contribution in [0.2, 0.25) is 0 Å². The average Bonchev–Trinajstić information content (AvgIpc) is 2.36. The highest BCUT2D eigenvalue weighted by atomic mass is 16.2. The number of amides is 2. The SMILES string of the molecule is CC(N)C(c1ccncc1)N1CC(=O)NC(=O)C1C. The van der Waals surface area contributed by atoms with E-state index >= 15 is 0 Å². The molecule has 0 aliphatic carbocycles. The quantitative estimate of drug-likeness (QED) is 0.738. The highest BCUT2D eigenvalue weighted by Crippen LogP contribution is 2.26. The molecule has 0 bridgehead atoms. The number of nitrogens with one attached hydrogen (secondary N) is 1. The Balaban J connectivity index is 2.33. The van der Waals surface area contributed by atoms with Crippen LogP contribution in [0, 0.1) is 0 Å². The van der Waals surface area contributed by atoms with E-state index in [-0.39, 0.29) is 36.5 Å². The summed E-state index contributed by atoms with van der Waals surface area (Å²) < 4.78 is 0. The summed E-state index contributed by atoms with van der Waals surface area (Å²) in [6, 6.07) is 2.94. The molecule has 1 fully saturated rings. The Labute approximate surface area is 112 Å². The van der Waals surface area contributed by atoms with Crippen molar-refractivity contribution in [1.82, 2.24) is 15.2 Å². The fourth-order valence-corrected chi connectivity index (χ4v) is 2.43. The zero-order valence-electron chi connectivity index (χ0n) is 11.0. The fourth-order valence-electron chi connectivity index (χ4n) is 2.43. The highest BCUT2D eigenvalue weighted by molar-refractivity contribution is 6.00. The van der Waals surface area contributed by atoms with Gasteiger partial charge >= 0.3 is 0 Å². The molecule has 1 aliphatic rings. The van der Waals surface area contributed by atoms with Gasteiger partial charge < -0.3 is 5.73 Å². The van der Waals surface area contributed by atoms with Gasteiger partial charge in [0.1, 0.15) is 0 Å². The molecule has 2 heterocycles. The number of hydrogen-bond acceptors (Lipinski definition) is 5. The van der Waals surface area contributed by atoms with E-state index in [2.05, 4.69) is 10.3 Å². The van der Waals surface area contributed by atoms with Crippen molar-refractivity contribution in [2.45, 2.75) is 32.0 Å². The maximum Gasteiger partial charge on any atom is 0.243 e. The van der Waals surface area contributed by atoms with Crippen molar-refractivity contribution in [3.05, 3.63) is 30.1 Å². The van der Waals surface area contributed by atoms with E-state index < -0.39 is 0 Å². The molecule has 6 nitrogen and oxygen atoms in total. The molecule has 1 aliphatic heterocycles. The van der Waals surface area contributed by atoms with Crippen LogP contribution in [0.4, 0.5) is 0 Å². The molecule has 2 rings (SSSR count). The molecule has 1 aromatic rings. The molecule has 6 heteroatoms. The van der Waals surface area contributed by atoms with Crippen molar-refractivity contribution >= 4 is 11.8 Å². The number of rotatable bonds is 3.